The first kappa shape index (κ1) is 18.5. The third-order valence-corrected chi connectivity index (χ3v) is 8.16. The molecule has 140 valence electrons. The molecular formula is C16H24N2O5S2. The SMILES string of the molecule is COc1ccc(N2CCCCS2(=O)=O)cc1S(=O)(=O)NC1CCCC1. The van der Waals surface area contributed by atoms with Gasteiger partial charge in [0, 0.05) is 12.6 Å². The molecule has 9 heteroatoms. The lowest BCUT2D eigenvalue weighted by Gasteiger charge is -2.29. The number of rotatable bonds is 5. The molecule has 1 heterocycles. The van der Waals surface area contributed by atoms with Crippen molar-refractivity contribution in [3.63, 3.8) is 0 Å². The molecule has 0 unspecified atom stereocenters. The fourth-order valence-corrected chi connectivity index (χ4v) is 6.56. The first-order chi connectivity index (χ1) is 11.8. The molecule has 0 amide bonds. The summed E-state index contributed by atoms with van der Waals surface area (Å²) in [5.41, 5.74) is 0.368. The summed E-state index contributed by atoms with van der Waals surface area (Å²) in [7, 11) is -5.78. The van der Waals surface area contributed by atoms with E-state index in [0.29, 0.717) is 18.7 Å². The van der Waals surface area contributed by atoms with Crippen LogP contribution >= 0.6 is 0 Å². The lowest BCUT2D eigenvalue weighted by Crippen LogP contribution is -2.38. The van der Waals surface area contributed by atoms with Crippen molar-refractivity contribution in [1.82, 2.24) is 4.72 Å². The van der Waals surface area contributed by atoms with Gasteiger partial charge < -0.3 is 4.74 Å². The second-order valence-corrected chi connectivity index (χ2v) is 10.2. The van der Waals surface area contributed by atoms with E-state index in [9.17, 15) is 16.8 Å². The van der Waals surface area contributed by atoms with Crippen LogP contribution in [-0.2, 0) is 20.0 Å². The molecule has 1 aromatic carbocycles. The second kappa shape index (κ2) is 7.13. The topological polar surface area (TPSA) is 92.8 Å². The van der Waals surface area contributed by atoms with Gasteiger partial charge in [-0.15, -0.1) is 0 Å². The van der Waals surface area contributed by atoms with Crippen molar-refractivity contribution in [2.24, 2.45) is 0 Å². The van der Waals surface area contributed by atoms with Gasteiger partial charge in [-0.3, -0.25) is 4.31 Å². The van der Waals surface area contributed by atoms with Crippen LogP contribution in [0.25, 0.3) is 0 Å². The Kier molecular flexibility index (Phi) is 5.26. The van der Waals surface area contributed by atoms with E-state index in [1.807, 2.05) is 0 Å². The number of nitrogens with one attached hydrogen (secondary N) is 1. The predicted octanol–water partition coefficient (Wildman–Crippen LogP) is 1.85. The predicted molar refractivity (Wildman–Crippen MR) is 95.9 cm³/mol. The van der Waals surface area contributed by atoms with Crippen molar-refractivity contribution in [3.05, 3.63) is 18.2 Å². The highest BCUT2D eigenvalue weighted by Gasteiger charge is 2.30. The number of sulfonamides is 2. The summed E-state index contributed by atoms with van der Waals surface area (Å²) < 4.78 is 59.4. The van der Waals surface area contributed by atoms with Gasteiger partial charge in [0.15, 0.2) is 0 Å². The van der Waals surface area contributed by atoms with Gasteiger partial charge in [-0.2, -0.15) is 0 Å². The van der Waals surface area contributed by atoms with Gasteiger partial charge in [-0.25, -0.2) is 21.6 Å². The fraction of sp³-hybridized carbons (Fsp3) is 0.625. The Balaban J connectivity index is 1.97. The number of ether oxygens (including phenoxy) is 1. The van der Waals surface area contributed by atoms with Crippen molar-refractivity contribution < 1.29 is 21.6 Å². The average molecular weight is 389 g/mol. The van der Waals surface area contributed by atoms with Crippen LogP contribution in [0.3, 0.4) is 0 Å². The van der Waals surface area contributed by atoms with Crippen molar-refractivity contribution >= 4 is 25.7 Å². The van der Waals surface area contributed by atoms with Crippen molar-refractivity contribution in [3.8, 4) is 5.75 Å². The molecule has 1 saturated carbocycles. The van der Waals surface area contributed by atoms with Gasteiger partial charge in [-0.1, -0.05) is 12.8 Å². The third kappa shape index (κ3) is 3.93. The number of nitrogens with zero attached hydrogens (tertiary/aromatic N) is 1. The van der Waals surface area contributed by atoms with Crippen molar-refractivity contribution in [2.45, 2.75) is 49.5 Å². The highest BCUT2D eigenvalue weighted by Crippen LogP contribution is 2.32. The van der Waals surface area contributed by atoms with Gasteiger partial charge in [0.05, 0.1) is 18.6 Å². The second-order valence-electron chi connectivity index (χ2n) is 6.53. The molecule has 0 bridgehead atoms. The maximum Gasteiger partial charge on any atom is 0.244 e. The van der Waals surface area contributed by atoms with E-state index in [-0.39, 0.29) is 22.4 Å². The van der Waals surface area contributed by atoms with E-state index >= 15 is 0 Å². The lowest BCUT2D eigenvalue weighted by atomic mass is 10.2. The van der Waals surface area contributed by atoms with Gasteiger partial charge in [0.25, 0.3) is 0 Å². The van der Waals surface area contributed by atoms with E-state index < -0.39 is 20.0 Å². The van der Waals surface area contributed by atoms with Gasteiger partial charge in [-0.05, 0) is 43.9 Å². The minimum Gasteiger partial charge on any atom is -0.495 e. The first-order valence-electron chi connectivity index (χ1n) is 8.54. The molecule has 3 rings (SSSR count). The van der Waals surface area contributed by atoms with Crippen LogP contribution in [0.5, 0.6) is 5.75 Å². The molecule has 0 aromatic heterocycles. The smallest absolute Gasteiger partial charge is 0.244 e. The Bertz CT molecular complexity index is 830. The van der Waals surface area contributed by atoms with E-state index in [1.165, 1.54) is 23.5 Å². The molecule has 0 radical (unpaired) electrons. The minimum absolute atomic E-state index is 0.0137. The zero-order chi connectivity index (χ0) is 18.1. The number of anilines is 1. The molecular weight excluding hydrogens is 364 g/mol. The molecule has 0 atom stereocenters. The molecule has 1 saturated heterocycles. The number of methoxy groups -OCH3 is 1. The molecule has 2 fully saturated rings. The standard InChI is InChI=1S/C16H24N2O5S2/c1-23-15-9-8-14(18-10-4-5-11-24(18,19)20)12-16(15)25(21,22)17-13-6-2-3-7-13/h8-9,12-13,17H,2-7,10-11H2,1H3. The molecule has 1 aliphatic carbocycles. The van der Waals surface area contributed by atoms with Crippen LogP contribution in [0.4, 0.5) is 5.69 Å². The molecule has 7 nitrogen and oxygen atoms in total. The van der Waals surface area contributed by atoms with Crippen LogP contribution in [0.15, 0.2) is 23.1 Å². The Morgan fingerprint density at radius 2 is 1.88 bits per heavy atom. The third-order valence-electron chi connectivity index (χ3n) is 4.75. The fourth-order valence-electron chi connectivity index (χ4n) is 3.44. The summed E-state index contributed by atoms with van der Waals surface area (Å²) >= 11 is 0. The van der Waals surface area contributed by atoms with Crippen LogP contribution in [-0.4, -0.2) is 42.3 Å². The van der Waals surface area contributed by atoms with Crippen LogP contribution in [0.2, 0.25) is 0 Å². The Morgan fingerprint density at radius 3 is 2.52 bits per heavy atom. The molecule has 1 N–H and O–H groups in total. The minimum atomic E-state index is -3.78. The summed E-state index contributed by atoms with van der Waals surface area (Å²) in [4.78, 5) is -0.0137. The molecule has 1 aliphatic heterocycles. The first-order valence-corrected chi connectivity index (χ1v) is 11.6. The Hall–Kier alpha value is -1.32. The van der Waals surface area contributed by atoms with Crippen molar-refractivity contribution in [1.29, 1.82) is 0 Å². The van der Waals surface area contributed by atoms with Gasteiger partial charge in [0.1, 0.15) is 10.6 Å². The molecule has 25 heavy (non-hydrogen) atoms. The van der Waals surface area contributed by atoms with Crippen LogP contribution in [0.1, 0.15) is 38.5 Å². The average Bonchev–Trinajstić information content (AvgIpc) is 3.06. The quantitative estimate of drug-likeness (QED) is 0.831. The molecule has 1 aromatic rings. The van der Waals surface area contributed by atoms with Crippen LogP contribution in [0, 0.1) is 0 Å². The summed E-state index contributed by atoms with van der Waals surface area (Å²) in [5, 5.41) is 0. The maximum atomic E-state index is 12.8. The number of hydrogen-bond donors (Lipinski definition) is 1. The largest absolute Gasteiger partial charge is 0.495 e. The number of hydrogen-bond acceptors (Lipinski definition) is 5. The van der Waals surface area contributed by atoms with E-state index in [4.69, 9.17) is 4.74 Å². The maximum absolute atomic E-state index is 12.8. The highest BCUT2D eigenvalue weighted by molar-refractivity contribution is 7.92. The lowest BCUT2D eigenvalue weighted by molar-refractivity contribution is 0.402. The van der Waals surface area contributed by atoms with Crippen LogP contribution < -0.4 is 13.8 Å². The monoisotopic (exact) mass is 388 g/mol. The van der Waals surface area contributed by atoms with E-state index in [2.05, 4.69) is 4.72 Å². The highest BCUT2D eigenvalue weighted by atomic mass is 32.2. The zero-order valence-electron chi connectivity index (χ0n) is 14.3. The summed E-state index contributed by atoms with van der Waals surface area (Å²) in [6, 6.07) is 4.44. The summed E-state index contributed by atoms with van der Waals surface area (Å²) in [6.45, 7) is 0.365. The van der Waals surface area contributed by atoms with E-state index in [0.717, 1.165) is 32.1 Å². The molecule has 2 aliphatic rings. The van der Waals surface area contributed by atoms with Gasteiger partial charge >= 0.3 is 0 Å². The van der Waals surface area contributed by atoms with Gasteiger partial charge in [0.2, 0.25) is 20.0 Å². The van der Waals surface area contributed by atoms with Crippen molar-refractivity contribution in [2.75, 3.05) is 23.7 Å². The Labute approximate surface area is 149 Å². The number of benzene rings is 1. The summed E-state index contributed by atoms with van der Waals surface area (Å²) in [5.74, 6) is 0.296. The molecule has 0 spiro atoms. The Morgan fingerprint density at radius 1 is 1.16 bits per heavy atom. The summed E-state index contributed by atoms with van der Waals surface area (Å²) in [6.07, 6.45) is 5.05. The van der Waals surface area contributed by atoms with E-state index in [1.54, 1.807) is 6.07 Å². The zero-order valence-corrected chi connectivity index (χ0v) is 15.9. The normalized spacial score (nSPS) is 21.4.